The van der Waals surface area contributed by atoms with Crippen molar-refractivity contribution in [2.24, 2.45) is 0 Å². The van der Waals surface area contributed by atoms with Gasteiger partial charge in [0.15, 0.2) is 11.5 Å². The molecule has 0 saturated carbocycles. The molecule has 10 heteroatoms. The molecule has 1 aliphatic rings. The zero-order valence-corrected chi connectivity index (χ0v) is 15.6. The Morgan fingerprint density at radius 2 is 2.26 bits per heavy atom. The number of nitrogens with one attached hydrogen (secondary N) is 1. The molecule has 0 spiro atoms. The average molecular weight is 370 g/mol. The Morgan fingerprint density at radius 3 is 3.04 bits per heavy atom. The van der Waals surface area contributed by atoms with E-state index in [1.54, 1.807) is 6.20 Å². The van der Waals surface area contributed by atoms with Gasteiger partial charge in [-0.05, 0) is 6.42 Å². The van der Waals surface area contributed by atoms with E-state index in [4.69, 9.17) is 4.74 Å². The molecule has 0 bridgehead atoms. The number of carbonyl (C=O) groups is 1. The highest BCUT2D eigenvalue weighted by Gasteiger charge is 2.23. The molecular weight excluding hydrogens is 348 g/mol. The van der Waals surface area contributed by atoms with Gasteiger partial charge in [-0.3, -0.25) is 4.79 Å². The minimum Gasteiger partial charge on any atom is -0.468 e. The van der Waals surface area contributed by atoms with E-state index in [1.165, 1.54) is 18.1 Å². The number of aromatic nitrogens is 7. The molecule has 0 aliphatic carbocycles. The molecule has 3 aromatic heterocycles. The van der Waals surface area contributed by atoms with Crippen molar-refractivity contribution < 1.29 is 9.53 Å². The summed E-state index contributed by atoms with van der Waals surface area (Å²) < 4.78 is 8.20. The lowest BCUT2D eigenvalue weighted by molar-refractivity contribution is -0.141. The molecule has 1 aliphatic heterocycles. The number of ether oxygens (including phenoxy) is 1. The smallest absolute Gasteiger partial charge is 0.327 e. The fraction of sp³-hybridized carbons (Fsp3) is 0.529. The lowest BCUT2D eigenvalue weighted by atomic mass is 10.1. The van der Waals surface area contributed by atoms with Crippen molar-refractivity contribution >= 4 is 22.8 Å². The Kier molecular flexibility index (Phi) is 4.46. The Bertz CT molecular complexity index is 977. The van der Waals surface area contributed by atoms with Crippen LogP contribution in [-0.4, -0.2) is 53.6 Å². The maximum atomic E-state index is 11.5. The van der Waals surface area contributed by atoms with Crippen LogP contribution in [0.3, 0.4) is 0 Å². The number of fused-ring (bicyclic) bond motifs is 2. The predicted molar refractivity (Wildman–Crippen MR) is 97.2 cm³/mol. The summed E-state index contributed by atoms with van der Waals surface area (Å²) in [5, 5.41) is 13.1. The van der Waals surface area contributed by atoms with Crippen LogP contribution >= 0.6 is 0 Å². The number of anilines is 1. The molecule has 4 heterocycles. The quantitative estimate of drug-likeness (QED) is 0.665. The van der Waals surface area contributed by atoms with Crippen LogP contribution < -0.4 is 5.32 Å². The van der Waals surface area contributed by atoms with Crippen LogP contribution in [0.4, 0.5) is 5.82 Å². The van der Waals surface area contributed by atoms with Crippen molar-refractivity contribution in [1.82, 2.24) is 34.5 Å². The van der Waals surface area contributed by atoms with E-state index in [0.29, 0.717) is 17.4 Å². The summed E-state index contributed by atoms with van der Waals surface area (Å²) in [4.78, 5) is 24.8. The number of carbonyl (C=O) groups excluding carboxylic acids is 1. The molecule has 0 aromatic carbocycles. The predicted octanol–water partition coefficient (Wildman–Crippen LogP) is 1.14. The van der Waals surface area contributed by atoms with Gasteiger partial charge in [-0.1, -0.05) is 13.8 Å². The van der Waals surface area contributed by atoms with Crippen LogP contribution in [0.25, 0.3) is 11.0 Å². The van der Waals surface area contributed by atoms with Crippen LogP contribution in [0.1, 0.15) is 37.8 Å². The first-order valence-electron chi connectivity index (χ1n) is 8.98. The van der Waals surface area contributed by atoms with Gasteiger partial charge in [-0.2, -0.15) is 10.2 Å². The second-order valence-corrected chi connectivity index (χ2v) is 6.94. The number of rotatable bonds is 5. The summed E-state index contributed by atoms with van der Waals surface area (Å²) in [5.74, 6) is 2.57. The highest BCUT2D eigenvalue weighted by Crippen LogP contribution is 2.23. The lowest BCUT2D eigenvalue weighted by Gasteiger charge is -2.24. The van der Waals surface area contributed by atoms with Crippen molar-refractivity contribution in [3.8, 4) is 0 Å². The Balaban J connectivity index is 1.54. The monoisotopic (exact) mass is 370 g/mol. The summed E-state index contributed by atoms with van der Waals surface area (Å²) in [7, 11) is 1.35. The van der Waals surface area contributed by atoms with Crippen molar-refractivity contribution in [1.29, 1.82) is 0 Å². The highest BCUT2D eigenvalue weighted by atomic mass is 16.5. The largest absolute Gasteiger partial charge is 0.468 e. The molecule has 3 aromatic rings. The highest BCUT2D eigenvalue weighted by molar-refractivity contribution is 5.87. The zero-order valence-electron chi connectivity index (χ0n) is 15.6. The molecule has 1 atom stereocenters. The van der Waals surface area contributed by atoms with Gasteiger partial charge in [0.1, 0.15) is 24.5 Å². The van der Waals surface area contributed by atoms with E-state index in [0.717, 1.165) is 36.4 Å². The lowest BCUT2D eigenvalue weighted by Crippen LogP contribution is -2.32. The molecule has 142 valence electrons. The van der Waals surface area contributed by atoms with Crippen molar-refractivity contribution in [3.63, 3.8) is 0 Å². The maximum Gasteiger partial charge on any atom is 0.327 e. The summed E-state index contributed by atoms with van der Waals surface area (Å²) in [6.07, 6.45) is 4.95. The Hall–Kier alpha value is -3.04. The molecule has 0 saturated heterocycles. The molecule has 27 heavy (non-hydrogen) atoms. The van der Waals surface area contributed by atoms with E-state index >= 15 is 0 Å². The van der Waals surface area contributed by atoms with Gasteiger partial charge in [0, 0.05) is 18.4 Å². The molecule has 1 N–H and O–H groups in total. The van der Waals surface area contributed by atoms with E-state index < -0.39 is 0 Å². The average Bonchev–Trinajstić information content (AvgIpc) is 3.26. The van der Waals surface area contributed by atoms with Crippen LogP contribution in [0.2, 0.25) is 0 Å². The fourth-order valence-corrected chi connectivity index (χ4v) is 3.19. The van der Waals surface area contributed by atoms with E-state index in [9.17, 15) is 4.79 Å². The molecule has 10 nitrogen and oxygen atoms in total. The SMILES string of the molecule is COC(=O)Cn1ncc2c(NC3CCc4nc(C(C)C)nn4C3)ncnc21. The van der Waals surface area contributed by atoms with Gasteiger partial charge in [0.05, 0.1) is 25.2 Å². The van der Waals surface area contributed by atoms with Crippen LogP contribution in [0, 0.1) is 0 Å². The van der Waals surface area contributed by atoms with E-state index in [-0.39, 0.29) is 18.6 Å². The van der Waals surface area contributed by atoms with E-state index in [1.807, 2.05) is 4.68 Å². The minimum absolute atomic E-state index is 0.0141. The normalized spacial score (nSPS) is 16.5. The minimum atomic E-state index is -0.375. The van der Waals surface area contributed by atoms with Crippen LogP contribution in [-0.2, 0) is 29.0 Å². The van der Waals surface area contributed by atoms with Crippen molar-refractivity contribution in [2.45, 2.75) is 51.7 Å². The third-order valence-corrected chi connectivity index (χ3v) is 4.67. The van der Waals surface area contributed by atoms with Gasteiger partial charge in [0.25, 0.3) is 0 Å². The van der Waals surface area contributed by atoms with Crippen LogP contribution in [0.5, 0.6) is 0 Å². The van der Waals surface area contributed by atoms with Crippen LogP contribution in [0.15, 0.2) is 12.5 Å². The van der Waals surface area contributed by atoms with Gasteiger partial charge >= 0.3 is 5.97 Å². The molecule has 0 amide bonds. The summed E-state index contributed by atoms with van der Waals surface area (Å²) in [6, 6.07) is 0.182. The van der Waals surface area contributed by atoms with Gasteiger partial charge < -0.3 is 10.1 Å². The second-order valence-electron chi connectivity index (χ2n) is 6.94. The summed E-state index contributed by atoms with van der Waals surface area (Å²) in [6.45, 7) is 4.94. The number of hydrogen-bond donors (Lipinski definition) is 1. The molecule has 0 fully saturated rings. The van der Waals surface area contributed by atoms with Crippen molar-refractivity contribution in [2.75, 3.05) is 12.4 Å². The summed E-state index contributed by atoms with van der Waals surface area (Å²) >= 11 is 0. The first-order chi connectivity index (χ1) is 13.0. The third-order valence-electron chi connectivity index (χ3n) is 4.67. The number of methoxy groups -OCH3 is 1. The van der Waals surface area contributed by atoms with Gasteiger partial charge in [-0.25, -0.2) is 24.3 Å². The standard InChI is InChI=1S/C17H22N8O2/c1-10(2)15-22-13-5-4-11(7-24(13)23-15)21-16-12-6-20-25(8-14(26)27-3)17(12)19-9-18-16/h6,9-11H,4-5,7-8H2,1-3H3,(H,18,19,21). The number of aryl methyl sites for hydroxylation is 1. The Morgan fingerprint density at radius 1 is 1.41 bits per heavy atom. The first kappa shape index (κ1) is 17.4. The first-order valence-corrected chi connectivity index (χ1v) is 8.98. The zero-order chi connectivity index (χ0) is 19.0. The van der Waals surface area contributed by atoms with E-state index in [2.05, 4.69) is 44.3 Å². The molecule has 0 radical (unpaired) electrons. The maximum absolute atomic E-state index is 11.5. The molecular formula is C17H22N8O2. The summed E-state index contributed by atoms with van der Waals surface area (Å²) in [5.41, 5.74) is 0.595. The fourth-order valence-electron chi connectivity index (χ4n) is 3.19. The van der Waals surface area contributed by atoms with Gasteiger partial charge in [0.2, 0.25) is 0 Å². The number of esters is 1. The third kappa shape index (κ3) is 3.34. The topological polar surface area (TPSA) is 113 Å². The van der Waals surface area contributed by atoms with Crippen molar-refractivity contribution in [3.05, 3.63) is 24.2 Å². The second kappa shape index (κ2) is 6.93. The molecule has 4 rings (SSSR count). The molecule has 1 unspecified atom stereocenters. The van der Waals surface area contributed by atoms with Gasteiger partial charge in [-0.15, -0.1) is 0 Å². The Labute approximate surface area is 156 Å². The number of hydrogen-bond acceptors (Lipinski definition) is 8. The number of nitrogens with zero attached hydrogens (tertiary/aromatic N) is 7.